The molecule has 0 saturated carbocycles. The second kappa shape index (κ2) is 5.34. The minimum Gasteiger partial charge on any atom is -0.464 e. The topological polar surface area (TPSA) is 32.0 Å². The first-order chi connectivity index (χ1) is 12.3. The third-order valence-corrected chi connectivity index (χ3v) is 5.40. The summed E-state index contributed by atoms with van der Waals surface area (Å²) in [4.78, 5) is 1.27. The van der Waals surface area contributed by atoms with Crippen LogP contribution in [0, 0.1) is 25.2 Å². The van der Waals surface area contributed by atoms with Crippen LogP contribution in [-0.2, 0) is 0 Å². The Morgan fingerprint density at radius 3 is 2.38 bits per heavy atom. The normalized spacial score (nSPS) is 20.6. The molecule has 2 aromatic rings. The fourth-order valence-electron chi connectivity index (χ4n) is 4.45. The zero-order chi connectivity index (χ0) is 18.8. The van der Waals surface area contributed by atoms with Crippen LogP contribution in [0.1, 0.15) is 41.9 Å². The average molecular weight is 350 g/mol. The van der Waals surface area contributed by atoms with Gasteiger partial charge in [-0.3, -0.25) is 0 Å². The van der Waals surface area contributed by atoms with Gasteiger partial charge in [-0.05, 0) is 68.3 Å². The molecule has 2 aliphatic heterocycles. The number of halogens is 2. The van der Waals surface area contributed by atoms with Gasteiger partial charge in [0, 0.05) is 23.0 Å². The Morgan fingerprint density at radius 2 is 1.77 bits per heavy atom. The Morgan fingerprint density at radius 1 is 1.12 bits per heavy atom. The third-order valence-electron chi connectivity index (χ3n) is 5.40. The van der Waals surface area contributed by atoms with Gasteiger partial charge in [-0.1, -0.05) is 18.2 Å². The van der Waals surface area contributed by atoms with E-state index in [1.54, 1.807) is 26.0 Å². The minimum atomic E-state index is -3.92. The summed E-state index contributed by atoms with van der Waals surface area (Å²) in [5, 5.41) is 9.06. The van der Waals surface area contributed by atoms with Crippen molar-refractivity contribution in [2.45, 2.75) is 33.7 Å². The maximum absolute atomic E-state index is 15.5. The van der Waals surface area contributed by atoms with Crippen LogP contribution in [0.2, 0.25) is 0 Å². The molecule has 1 unspecified atom stereocenters. The van der Waals surface area contributed by atoms with E-state index in [4.69, 9.17) is 5.26 Å². The summed E-state index contributed by atoms with van der Waals surface area (Å²) in [6.07, 6.45) is 1.89. The van der Waals surface area contributed by atoms with Crippen molar-refractivity contribution in [3.8, 4) is 6.07 Å². The van der Waals surface area contributed by atoms with E-state index in [-0.39, 0.29) is 6.04 Å². The largest absolute Gasteiger partial charge is 0.529 e. The van der Waals surface area contributed by atoms with Crippen molar-refractivity contribution < 1.29 is 8.63 Å². The summed E-state index contributed by atoms with van der Waals surface area (Å²) in [6.45, 7) is 3.39. The number of nitriles is 1. The van der Waals surface area contributed by atoms with Gasteiger partial charge in [0.1, 0.15) is 0 Å². The standard InChI is InChI=1S/C20H19BF2N3/c1-12-9-14(3)25-19(12)18(17-7-5-16(11-24)6-8-17)20-13(2)10-15(4)26(20)21(25,22)23/h5-10,14H,1-4H3/q-1. The van der Waals surface area contributed by atoms with E-state index < -0.39 is 6.97 Å². The Kier molecular flexibility index (Phi) is 3.42. The number of rotatable bonds is 1. The van der Waals surface area contributed by atoms with Gasteiger partial charge in [0.2, 0.25) is 0 Å². The van der Waals surface area contributed by atoms with Crippen molar-refractivity contribution in [1.82, 2.24) is 9.29 Å². The van der Waals surface area contributed by atoms with Gasteiger partial charge in [0.05, 0.1) is 11.6 Å². The molecule has 0 amide bonds. The van der Waals surface area contributed by atoms with Gasteiger partial charge in [-0.2, -0.15) is 5.26 Å². The summed E-state index contributed by atoms with van der Waals surface area (Å²) >= 11 is 0. The van der Waals surface area contributed by atoms with Crippen LogP contribution in [0.5, 0.6) is 0 Å². The summed E-state index contributed by atoms with van der Waals surface area (Å²) in [6, 6.07) is 10.7. The lowest BCUT2D eigenvalue weighted by molar-refractivity contribution is 0.353. The van der Waals surface area contributed by atoms with Crippen molar-refractivity contribution in [3.63, 3.8) is 0 Å². The quantitative estimate of drug-likeness (QED) is 0.703. The van der Waals surface area contributed by atoms with E-state index >= 15 is 8.63 Å². The van der Waals surface area contributed by atoms with Gasteiger partial charge < -0.3 is 17.9 Å². The molecule has 0 aliphatic carbocycles. The van der Waals surface area contributed by atoms with Crippen LogP contribution in [0.4, 0.5) is 8.63 Å². The molecule has 3 nitrogen and oxygen atoms in total. The molecule has 4 rings (SSSR count). The fraction of sp³-hybridized carbons (Fsp3) is 0.250. The maximum Gasteiger partial charge on any atom is 0.529 e. The van der Waals surface area contributed by atoms with Gasteiger partial charge in [0.15, 0.2) is 0 Å². The molecule has 0 bridgehead atoms. The number of aryl methyl sites for hydroxylation is 2. The van der Waals surface area contributed by atoms with Crippen molar-refractivity contribution in [2.24, 2.45) is 0 Å². The van der Waals surface area contributed by atoms with Crippen molar-refractivity contribution in [1.29, 1.82) is 5.26 Å². The molecule has 0 fully saturated rings. The SMILES string of the molecule is CC1=CC(C)N2C1=C(c1ccc(C#N)cc1)c1c(C)cc(C)n1[B-]2(F)F. The molecule has 3 heterocycles. The average Bonchev–Trinajstić information content (AvgIpc) is 3.05. The molecule has 6 heteroatoms. The highest BCUT2D eigenvalue weighted by molar-refractivity contribution is 6.63. The van der Waals surface area contributed by atoms with Crippen molar-refractivity contribution in [2.75, 3.05) is 0 Å². The molecule has 0 spiro atoms. The number of benzene rings is 1. The molecular weight excluding hydrogens is 331 g/mol. The number of hydrogen-bond donors (Lipinski definition) is 0. The predicted octanol–water partition coefficient (Wildman–Crippen LogP) is 4.62. The van der Waals surface area contributed by atoms with Crippen LogP contribution in [0.15, 0.2) is 47.7 Å². The summed E-state index contributed by atoms with van der Waals surface area (Å²) < 4.78 is 32.2. The molecule has 0 N–H and O–H groups in total. The second-order valence-electron chi connectivity index (χ2n) is 7.19. The third kappa shape index (κ3) is 2.03. The van der Waals surface area contributed by atoms with Crippen molar-refractivity contribution >= 4 is 12.5 Å². The van der Waals surface area contributed by atoms with E-state index in [2.05, 4.69) is 6.07 Å². The van der Waals surface area contributed by atoms with Crippen LogP contribution >= 0.6 is 0 Å². The van der Waals surface area contributed by atoms with Crippen LogP contribution in [0.3, 0.4) is 0 Å². The zero-order valence-corrected chi connectivity index (χ0v) is 15.2. The monoisotopic (exact) mass is 350 g/mol. The smallest absolute Gasteiger partial charge is 0.464 e. The van der Waals surface area contributed by atoms with Crippen molar-refractivity contribution in [3.05, 3.63) is 75.8 Å². The molecule has 2 aliphatic rings. The predicted molar refractivity (Wildman–Crippen MR) is 99.5 cm³/mol. The van der Waals surface area contributed by atoms with Crippen LogP contribution in [0.25, 0.3) is 5.57 Å². The second-order valence-corrected chi connectivity index (χ2v) is 7.19. The lowest BCUT2D eigenvalue weighted by atomic mass is 9.82. The lowest BCUT2D eigenvalue weighted by Crippen LogP contribution is -2.57. The highest BCUT2D eigenvalue weighted by Crippen LogP contribution is 2.47. The molecule has 1 aromatic heterocycles. The van der Waals surface area contributed by atoms with Gasteiger partial charge in [-0.15, -0.1) is 0 Å². The minimum absolute atomic E-state index is 0.372. The highest BCUT2D eigenvalue weighted by Gasteiger charge is 2.48. The number of hydrogen-bond acceptors (Lipinski definition) is 2. The first kappa shape index (κ1) is 16.7. The van der Waals surface area contributed by atoms with Gasteiger partial charge >= 0.3 is 6.97 Å². The summed E-state index contributed by atoms with van der Waals surface area (Å²) in [5.41, 5.74) is 5.64. The van der Waals surface area contributed by atoms with E-state index in [0.29, 0.717) is 22.6 Å². The Hall–Kier alpha value is -2.81. The molecule has 0 saturated heterocycles. The number of nitrogens with zero attached hydrogens (tertiary/aromatic N) is 3. The fourth-order valence-corrected chi connectivity index (χ4v) is 4.45. The number of fused-ring (bicyclic) bond motifs is 2. The van der Waals surface area contributed by atoms with E-state index in [1.807, 2.05) is 38.1 Å². The van der Waals surface area contributed by atoms with Crippen LogP contribution < -0.4 is 0 Å². The van der Waals surface area contributed by atoms with Crippen LogP contribution in [-0.4, -0.2) is 22.3 Å². The molecule has 26 heavy (non-hydrogen) atoms. The van der Waals surface area contributed by atoms with Gasteiger partial charge in [-0.25, -0.2) is 0 Å². The molecule has 0 radical (unpaired) electrons. The maximum atomic E-state index is 15.5. The van der Waals surface area contributed by atoms with Gasteiger partial charge in [0.25, 0.3) is 0 Å². The Labute approximate surface area is 151 Å². The number of aromatic nitrogens is 1. The summed E-state index contributed by atoms with van der Waals surface area (Å²) in [5.74, 6) is 0. The lowest BCUT2D eigenvalue weighted by Gasteiger charge is -2.49. The molecular formula is C20H19BF2N3-. The molecule has 1 aromatic carbocycles. The summed E-state index contributed by atoms with van der Waals surface area (Å²) in [7, 11) is 0. The highest BCUT2D eigenvalue weighted by atomic mass is 19.2. The van der Waals surface area contributed by atoms with E-state index in [1.165, 1.54) is 9.29 Å². The first-order valence-corrected chi connectivity index (χ1v) is 8.70. The van der Waals surface area contributed by atoms with E-state index in [9.17, 15) is 0 Å². The Bertz CT molecular complexity index is 1020. The van der Waals surface area contributed by atoms with E-state index in [0.717, 1.165) is 22.3 Å². The number of allylic oxidation sites excluding steroid dienone is 1. The zero-order valence-electron chi connectivity index (χ0n) is 15.2. The molecule has 1 atom stereocenters. The Balaban J connectivity index is 2.09. The first-order valence-electron chi connectivity index (χ1n) is 8.70. The molecule has 132 valence electrons.